The molecule has 0 bridgehead atoms. The van der Waals surface area contributed by atoms with E-state index < -0.39 is 0 Å². The molecule has 20 heavy (non-hydrogen) atoms. The maximum atomic E-state index is 5.50. The Labute approximate surface area is 122 Å². The topological polar surface area (TPSA) is 30.5 Å². The van der Waals surface area contributed by atoms with E-state index in [4.69, 9.17) is 9.47 Å². The molecule has 3 heteroatoms. The van der Waals surface area contributed by atoms with E-state index >= 15 is 0 Å². The Hall–Kier alpha value is -1.22. The van der Waals surface area contributed by atoms with Gasteiger partial charge in [-0.05, 0) is 38.7 Å². The first kappa shape index (κ1) is 15.2. The third kappa shape index (κ3) is 3.45. The Balaban J connectivity index is 2.05. The Morgan fingerprint density at radius 1 is 1.10 bits per heavy atom. The highest BCUT2D eigenvalue weighted by Crippen LogP contribution is 2.32. The van der Waals surface area contributed by atoms with E-state index in [2.05, 4.69) is 25.2 Å². The minimum absolute atomic E-state index is 0.284. The fourth-order valence-corrected chi connectivity index (χ4v) is 3.25. The summed E-state index contributed by atoms with van der Waals surface area (Å²) in [5.41, 5.74) is 1.19. The largest absolute Gasteiger partial charge is 0.497 e. The average Bonchev–Trinajstić information content (AvgIpc) is 3.00. The number of ether oxygens (including phenoxy) is 2. The number of benzene rings is 1. The van der Waals surface area contributed by atoms with Crippen LogP contribution in [0.2, 0.25) is 0 Å². The fraction of sp³-hybridized carbons (Fsp3) is 0.647. The minimum atomic E-state index is 0.284. The third-order valence-electron chi connectivity index (χ3n) is 4.53. The van der Waals surface area contributed by atoms with Crippen molar-refractivity contribution in [3.05, 3.63) is 23.8 Å². The van der Waals surface area contributed by atoms with E-state index in [1.165, 1.54) is 31.2 Å². The van der Waals surface area contributed by atoms with Crippen molar-refractivity contribution in [1.29, 1.82) is 0 Å². The highest BCUT2D eigenvalue weighted by molar-refractivity contribution is 5.42. The maximum absolute atomic E-state index is 5.50. The molecule has 1 fully saturated rings. The van der Waals surface area contributed by atoms with Crippen molar-refractivity contribution in [3.8, 4) is 11.5 Å². The summed E-state index contributed by atoms with van der Waals surface area (Å²) < 4.78 is 10.7. The lowest BCUT2D eigenvalue weighted by Gasteiger charge is -2.26. The Morgan fingerprint density at radius 2 is 1.80 bits per heavy atom. The number of rotatable bonds is 6. The highest BCUT2D eigenvalue weighted by atomic mass is 16.5. The molecule has 2 rings (SSSR count). The summed E-state index contributed by atoms with van der Waals surface area (Å²) in [6, 6.07) is 6.88. The van der Waals surface area contributed by atoms with Gasteiger partial charge in [-0.15, -0.1) is 0 Å². The summed E-state index contributed by atoms with van der Waals surface area (Å²) in [6.45, 7) is 4.51. The van der Waals surface area contributed by atoms with Crippen LogP contribution in [0.1, 0.15) is 51.1 Å². The first-order chi connectivity index (χ1) is 9.65. The molecule has 1 aliphatic carbocycles. The van der Waals surface area contributed by atoms with Gasteiger partial charge in [0.2, 0.25) is 0 Å². The second-order valence-electron chi connectivity index (χ2n) is 5.83. The molecule has 3 nitrogen and oxygen atoms in total. The first-order valence-electron chi connectivity index (χ1n) is 7.63. The third-order valence-corrected chi connectivity index (χ3v) is 4.53. The summed E-state index contributed by atoms with van der Waals surface area (Å²) in [7, 11) is 3.39. The standard InChI is InChI=1S/C17H27NO2/c1-12(14-7-5-6-8-14)18-13(2)16-10-9-15(19-3)11-17(16)20-4/h9-14,18H,5-8H2,1-4H3. The van der Waals surface area contributed by atoms with Crippen molar-refractivity contribution >= 4 is 0 Å². The lowest BCUT2D eigenvalue weighted by Crippen LogP contribution is -2.34. The van der Waals surface area contributed by atoms with Crippen LogP contribution in [-0.4, -0.2) is 20.3 Å². The molecule has 1 aromatic rings. The molecular formula is C17H27NO2. The van der Waals surface area contributed by atoms with Gasteiger partial charge < -0.3 is 14.8 Å². The Morgan fingerprint density at radius 3 is 2.40 bits per heavy atom. The second kappa shape index (κ2) is 6.98. The van der Waals surface area contributed by atoms with Gasteiger partial charge in [-0.25, -0.2) is 0 Å². The Bertz CT molecular complexity index is 427. The zero-order chi connectivity index (χ0) is 14.5. The van der Waals surface area contributed by atoms with Gasteiger partial charge in [0.05, 0.1) is 14.2 Å². The van der Waals surface area contributed by atoms with Gasteiger partial charge in [-0.1, -0.05) is 18.9 Å². The van der Waals surface area contributed by atoms with Gasteiger partial charge in [0.1, 0.15) is 11.5 Å². The Kier molecular flexibility index (Phi) is 5.30. The molecular weight excluding hydrogens is 250 g/mol. The van der Waals surface area contributed by atoms with Crippen LogP contribution in [0, 0.1) is 5.92 Å². The van der Waals surface area contributed by atoms with Crippen molar-refractivity contribution in [2.75, 3.05) is 14.2 Å². The van der Waals surface area contributed by atoms with Gasteiger partial charge in [0.15, 0.2) is 0 Å². The lowest BCUT2D eigenvalue weighted by atomic mass is 9.97. The molecule has 1 aromatic carbocycles. The van der Waals surface area contributed by atoms with Crippen LogP contribution < -0.4 is 14.8 Å². The normalized spacial score (nSPS) is 18.8. The molecule has 0 heterocycles. The van der Waals surface area contributed by atoms with E-state index in [1.807, 2.05) is 12.1 Å². The molecule has 0 aliphatic heterocycles. The molecule has 112 valence electrons. The van der Waals surface area contributed by atoms with Crippen LogP contribution >= 0.6 is 0 Å². The monoisotopic (exact) mass is 277 g/mol. The summed E-state index contributed by atoms with van der Waals surface area (Å²) >= 11 is 0. The molecule has 2 unspecified atom stereocenters. The van der Waals surface area contributed by atoms with Gasteiger partial charge in [0, 0.05) is 23.7 Å². The summed E-state index contributed by atoms with van der Waals surface area (Å²) in [5, 5.41) is 3.73. The van der Waals surface area contributed by atoms with Gasteiger partial charge in [-0.3, -0.25) is 0 Å². The minimum Gasteiger partial charge on any atom is -0.497 e. The van der Waals surface area contributed by atoms with Crippen LogP contribution in [0.4, 0.5) is 0 Å². The zero-order valence-corrected chi connectivity index (χ0v) is 13.1. The average molecular weight is 277 g/mol. The van der Waals surface area contributed by atoms with Gasteiger partial charge in [-0.2, -0.15) is 0 Å². The van der Waals surface area contributed by atoms with E-state index in [1.54, 1.807) is 14.2 Å². The first-order valence-corrected chi connectivity index (χ1v) is 7.63. The van der Waals surface area contributed by atoms with Gasteiger partial charge in [0.25, 0.3) is 0 Å². The maximum Gasteiger partial charge on any atom is 0.127 e. The summed E-state index contributed by atoms with van der Waals surface area (Å²) in [6.07, 6.45) is 5.50. The predicted molar refractivity (Wildman–Crippen MR) is 82.5 cm³/mol. The van der Waals surface area contributed by atoms with Gasteiger partial charge >= 0.3 is 0 Å². The number of hydrogen-bond donors (Lipinski definition) is 1. The molecule has 1 saturated carbocycles. The van der Waals surface area contributed by atoms with Crippen molar-refractivity contribution in [3.63, 3.8) is 0 Å². The lowest BCUT2D eigenvalue weighted by molar-refractivity contribution is 0.342. The van der Waals surface area contributed by atoms with Crippen molar-refractivity contribution < 1.29 is 9.47 Å². The smallest absolute Gasteiger partial charge is 0.127 e. The second-order valence-corrected chi connectivity index (χ2v) is 5.83. The molecule has 0 amide bonds. The van der Waals surface area contributed by atoms with Crippen LogP contribution in [0.3, 0.4) is 0 Å². The van der Waals surface area contributed by atoms with E-state index in [0.29, 0.717) is 6.04 Å². The quantitative estimate of drug-likeness (QED) is 0.854. The van der Waals surface area contributed by atoms with E-state index in [0.717, 1.165) is 17.4 Å². The fourth-order valence-electron chi connectivity index (χ4n) is 3.25. The summed E-state index contributed by atoms with van der Waals surface area (Å²) in [5.74, 6) is 2.55. The highest BCUT2D eigenvalue weighted by Gasteiger charge is 2.23. The van der Waals surface area contributed by atoms with Crippen LogP contribution in [0.15, 0.2) is 18.2 Å². The molecule has 0 saturated heterocycles. The summed E-state index contributed by atoms with van der Waals surface area (Å²) in [4.78, 5) is 0. The van der Waals surface area contributed by atoms with E-state index in [9.17, 15) is 0 Å². The van der Waals surface area contributed by atoms with Crippen LogP contribution in [0.25, 0.3) is 0 Å². The molecule has 0 spiro atoms. The molecule has 2 atom stereocenters. The van der Waals surface area contributed by atoms with Crippen LogP contribution in [-0.2, 0) is 0 Å². The molecule has 1 N–H and O–H groups in total. The van der Waals surface area contributed by atoms with Crippen molar-refractivity contribution in [1.82, 2.24) is 5.32 Å². The SMILES string of the molecule is COc1ccc(C(C)NC(C)C2CCCC2)c(OC)c1. The zero-order valence-electron chi connectivity index (χ0n) is 13.1. The van der Waals surface area contributed by atoms with Crippen molar-refractivity contribution in [2.24, 2.45) is 5.92 Å². The predicted octanol–water partition coefficient (Wildman–Crippen LogP) is 3.93. The molecule has 0 aromatic heterocycles. The van der Waals surface area contributed by atoms with Crippen LogP contribution in [0.5, 0.6) is 11.5 Å². The molecule has 0 radical (unpaired) electrons. The number of nitrogens with one attached hydrogen (secondary N) is 1. The number of hydrogen-bond acceptors (Lipinski definition) is 3. The van der Waals surface area contributed by atoms with E-state index in [-0.39, 0.29) is 6.04 Å². The van der Waals surface area contributed by atoms with Crippen molar-refractivity contribution in [2.45, 2.75) is 51.6 Å². The number of methoxy groups -OCH3 is 2. The molecule has 1 aliphatic rings.